The summed E-state index contributed by atoms with van der Waals surface area (Å²) in [5, 5.41) is 2.94. The monoisotopic (exact) mass is 248 g/mol. The number of anilines is 1. The number of ether oxygens (including phenoxy) is 1. The molecule has 0 unspecified atom stereocenters. The maximum Gasteiger partial charge on any atom is 0.322 e. The van der Waals surface area contributed by atoms with Gasteiger partial charge in [0, 0.05) is 18.3 Å². The predicted octanol–water partition coefficient (Wildman–Crippen LogP) is 2.57. The molecule has 0 saturated heterocycles. The highest BCUT2D eigenvalue weighted by atomic mass is 16.5. The normalized spacial score (nSPS) is 14.3. The van der Waals surface area contributed by atoms with Crippen molar-refractivity contribution in [1.29, 1.82) is 0 Å². The Morgan fingerprint density at radius 3 is 2.89 bits per heavy atom. The van der Waals surface area contributed by atoms with E-state index in [9.17, 15) is 4.79 Å². The molecule has 1 aliphatic rings. The fourth-order valence-corrected chi connectivity index (χ4v) is 2.24. The molecule has 0 fully saturated rings. The first-order valence-electron chi connectivity index (χ1n) is 6.36. The summed E-state index contributed by atoms with van der Waals surface area (Å²) in [5.41, 5.74) is 2.18. The molecule has 2 amide bonds. The number of aryl methyl sites for hydroxylation is 1. The zero-order chi connectivity index (χ0) is 13.1. The topological polar surface area (TPSA) is 41.6 Å². The zero-order valence-electron chi connectivity index (χ0n) is 11.2. The van der Waals surface area contributed by atoms with Crippen molar-refractivity contribution < 1.29 is 9.53 Å². The van der Waals surface area contributed by atoms with Gasteiger partial charge in [0.2, 0.25) is 0 Å². The molecule has 0 bridgehead atoms. The van der Waals surface area contributed by atoms with Crippen molar-refractivity contribution in [3.63, 3.8) is 0 Å². The molecule has 18 heavy (non-hydrogen) atoms. The second-order valence-electron chi connectivity index (χ2n) is 4.85. The van der Waals surface area contributed by atoms with Crippen molar-refractivity contribution in [1.82, 2.24) is 5.32 Å². The Balaban J connectivity index is 2.25. The Bertz CT molecular complexity index is 443. The van der Waals surface area contributed by atoms with Crippen LogP contribution in [0.1, 0.15) is 25.8 Å². The molecule has 4 heteroatoms. The van der Waals surface area contributed by atoms with E-state index in [0.717, 1.165) is 30.8 Å². The maximum absolute atomic E-state index is 12.1. The molecule has 0 spiro atoms. The number of nitrogens with one attached hydrogen (secondary N) is 1. The zero-order valence-corrected chi connectivity index (χ0v) is 11.2. The van der Waals surface area contributed by atoms with Crippen LogP contribution in [0.5, 0.6) is 5.75 Å². The van der Waals surface area contributed by atoms with E-state index in [0.29, 0.717) is 0 Å². The van der Waals surface area contributed by atoms with Gasteiger partial charge in [0.1, 0.15) is 5.75 Å². The molecule has 0 aliphatic carbocycles. The molecule has 2 rings (SSSR count). The highest BCUT2D eigenvalue weighted by Crippen LogP contribution is 2.30. The van der Waals surface area contributed by atoms with Crippen molar-refractivity contribution >= 4 is 11.7 Å². The summed E-state index contributed by atoms with van der Waals surface area (Å²) in [6.45, 7) is 4.71. The predicted molar refractivity (Wildman–Crippen MR) is 72.3 cm³/mol. The minimum Gasteiger partial charge on any atom is -0.497 e. The maximum atomic E-state index is 12.1. The van der Waals surface area contributed by atoms with Gasteiger partial charge in [-0.25, -0.2) is 4.79 Å². The van der Waals surface area contributed by atoms with E-state index in [1.54, 1.807) is 7.11 Å². The quantitative estimate of drug-likeness (QED) is 0.874. The lowest BCUT2D eigenvalue weighted by Gasteiger charge is -2.30. The van der Waals surface area contributed by atoms with Crippen LogP contribution in [0.2, 0.25) is 0 Å². The lowest BCUT2D eigenvalue weighted by atomic mass is 10.0. The van der Waals surface area contributed by atoms with Crippen LogP contribution in [0.3, 0.4) is 0 Å². The summed E-state index contributed by atoms with van der Waals surface area (Å²) < 4.78 is 5.22. The lowest BCUT2D eigenvalue weighted by molar-refractivity contribution is 0.243. The van der Waals surface area contributed by atoms with E-state index in [4.69, 9.17) is 4.74 Å². The van der Waals surface area contributed by atoms with Gasteiger partial charge in [-0.05, 0) is 50.5 Å². The summed E-state index contributed by atoms with van der Waals surface area (Å²) >= 11 is 0. The Morgan fingerprint density at radius 1 is 1.44 bits per heavy atom. The Labute approximate surface area is 108 Å². The summed E-state index contributed by atoms with van der Waals surface area (Å²) in [7, 11) is 1.66. The molecule has 0 atom stereocenters. The van der Waals surface area contributed by atoms with Crippen LogP contribution in [0.25, 0.3) is 0 Å². The van der Waals surface area contributed by atoms with Crippen LogP contribution < -0.4 is 15.0 Å². The molecular formula is C14H20N2O2. The Morgan fingerprint density at radius 2 is 2.22 bits per heavy atom. The number of urea groups is 1. The van der Waals surface area contributed by atoms with Crippen molar-refractivity contribution in [2.45, 2.75) is 32.7 Å². The molecule has 1 heterocycles. The molecule has 1 N–H and O–H groups in total. The van der Waals surface area contributed by atoms with E-state index >= 15 is 0 Å². The van der Waals surface area contributed by atoms with Crippen LogP contribution in [0.4, 0.5) is 10.5 Å². The number of rotatable bonds is 2. The van der Waals surface area contributed by atoms with E-state index in [2.05, 4.69) is 5.32 Å². The number of nitrogens with zero attached hydrogens (tertiary/aromatic N) is 1. The van der Waals surface area contributed by atoms with Crippen molar-refractivity contribution in [2.24, 2.45) is 0 Å². The van der Waals surface area contributed by atoms with E-state index < -0.39 is 0 Å². The van der Waals surface area contributed by atoms with Crippen LogP contribution in [-0.2, 0) is 6.42 Å². The first kappa shape index (κ1) is 12.7. The third kappa shape index (κ3) is 2.58. The highest BCUT2D eigenvalue weighted by Gasteiger charge is 2.23. The first-order chi connectivity index (χ1) is 8.61. The number of amides is 2. The number of benzene rings is 1. The number of hydrogen-bond donors (Lipinski definition) is 1. The van der Waals surface area contributed by atoms with Gasteiger partial charge in [0.05, 0.1) is 7.11 Å². The molecule has 0 radical (unpaired) electrons. The van der Waals surface area contributed by atoms with Crippen molar-refractivity contribution in [3.8, 4) is 5.75 Å². The van der Waals surface area contributed by atoms with E-state index in [-0.39, 0.29) is 12.1 Å². The van der Waals surface area contributed by atoms with Crippen molar-refractivity contribution in [2.75, 3.05) is 18.6 Å². The molecule has 98 valence electrons. The minimum absolute atomic E-state index is 0.0175. The van der Waals surface area contributed by atoms with Gasteiger partial charge in [-0.15, -0.1) is 0 Å². The van der Waals surface area contributed by atoms with E-state index in [1.807, 2.05) is 36.9 Å². The second-order valence-corrected chi connectivity index (χ2v) is 4.85. The van der Waals surface area contributed by atoms with Gasteiger partial charge in [0.15, 0.2) is 0 Å². The van der Waals surface area contributed by atoms with Crippen molar-refractivity contribution in [3.05, 3.63) is 23.8 Å². The van der Waals surface area contributed by atoms with Crippen LogP contribution in [0, 0.1) is 0 Å². The fraction of sp³-hybridized carbons (Fsp3) is 0.500. The second kappa shape index (κ2) is 5.29. The molecule has 1 aromatic carbocycles. The van der Waals surface area contributed by atoms with Crippen LogP contribution in [0.15, 0.2) is 18.2 Å². The molecule has 0 aromatic heterocycles. The number of carbonyl (C=O) groups is 1. The fourth-order valence-electron chi connectivity index (χ4n) is 2.24. The molecule has 0 saturated carbocycles. The number of methoxy groups -OCH3 is 1. The summed E-state index contributed by atoms with van der Waals surface area (Å²) in [6.07, 6.45) is 1.99. The van der Waals surface area contributed by atoms with E-state index in [1.165, 1.54) is 5.56 Å². The highest BCUT2D eigenvalue weighted by molar-refractivity contribution is 5.93. The molecular weight excluding hydrogens is 228 g/mol. The molecule has 1 aliphatic heterocycles. The van der Waals surface area contributed by atoms with Gasteiger partial charge in [0.25, 0.3) is 0 Å². The standard InChI is InChI=1S/C14H20N2O2/c1-10(2)15-14(17)16-8-4-5-11-9-12(18-3)6-7-13(11)16/h6-7,9-10H,4-5,8H2,1-3H3,(H,15,17). The lowest BCUT2D eigenvalue weighted by Crippen LogP contribution is -2.45. The third-order valence-electron chi connectivity index (χ3n) is 3.06. The number of fused-ring (bicyclic) bond motifs is 1. The summed E-state index contributed by atoms with van der Waals surface area (Å²) in [5.74, 6) is 0.847. The summed E-state index contributed by atoms with van der Waals surface area (Å²) in [6, 6.07) is 6.02. The molecule has 1 aromatic rings. The molecule has 4 nitrogen and oxygen atoms in total. The average Bonchev–Trinajstić information content (AvgIpc) is 2.36. The van der Waals surface area contributed by atoms with Crippen LogP contribution in [-0.4, -0.2) is 25.7 Å². The third-order valence-corrected chi connectivity index (χ3v) is 3.06. The largest absolute Gasteiger partial charge is 0.497 e. The Kier molecular flexibility index (Phi) is 3.75. The number of carbonyl (C=O) groups excluding carboxylic acids is 1. The Hall–Kier alpha value is -1.71. The first-order valence-corrected chi connectivity index (χ1v) is 6.36. The van der Waals surface area contributed by atoms with Gasteiger partial charge in [-0.1, -0.05) is 0 Å². The SMILES string of the molecule is COc1ccc2c(c1)CCCN2C(=O)NC(C)C. The average molecular weight is 248 g/mol. The summed E-state index contributed by atoms with van der Waals surface area (Å²) in [4.78, 5) is 13.9. The van der Waals surface area contributed by atoms with Crippen LogP contribution >= 0.6 is 0 Å². The number of hydrogen-bond acceptors (Lipinski definition) is 2. The smallest absolute Gasteiger partial charge is 0.322 e. The van der Waals surface area contributed by atoms with Gasteiger partial charge in [-0.3, -0.25) is 4.90 Å². The van der Waals surface area contributed by atoms with Gasteiger partial charge in [-0.2, -0.15) is 0 Å². The van der Waals surface area contributed by atoms with Gasteiger partial charge >= 0.3 is 6.03 Å². The van der Waals surface area contributed by atoms with Gasteiger partial charge < -0.3 is 10.1 Å². The minimum atomic E-state index is -0.0175.